The SMILES string of the molecule is O=C(c1ccc(Cl)cc1)N1CCN(C2CCN(C(=O)c3ccccccno3)C2)CC1. The molecule has 2 saturated heterocycles. The van der Waals surface area contributed by atoms with Gasteiger partial charge in [0.05, 0.1) is 6.20 Å². The summed E-state index contributed by atoms with van der Waals surface area (Å²) in [4.78, 5) is 31.6. The Bertz CT molecular complexity index is 945. The van der Waals surface area contributed by atoms with E-state index in [0.717, 1.165) is 19.5 Å². The average molecular weight is 441 g/mol. The van der Waals surface area contributed by atoms with Gasteiger partial charge in [0.1, 0.15) is 0 Å². The van der Waals surface area contributed by atoms with E-state index in [1.807, 2.05) is 21.9 Å². The Kier molecular flexibility index (Phi) is 6.84. The van der Waals surface area contributed by atoms with Crippen LogP contribution in [0.5, 0.6) is 0 Å². The fraction of sp³-hybridized carbons (Fsp3) is 0.348. The molecule has 0 radical (unpaired) electrons. The number of aromatic nitrogens is 1. The van der Waals surface area contributed by atoms with Gasteiger partial charge in [-0.05, 0) is 42.8 Å². The number of nitrogens with zero attached hydrogens (tertiary/aromatic N) is 4. The Morgan fingerprint density at radius 2 is 1.61 bits per heavy atom. The molecule has 0 spiro atoms. The number of amides is 2. The lowest BCUT2D eigenvalue weighted by Gasteiger charge is -2.38. The third-order valence-electron chi connectivity index (χ3n) is 5.75. The zero-order valence-electron chi connectivity index (χ0n) is 17.2. The van der Waals surface area contributed by atoms with Gasteiger partial charge in [-0.2, -0.15) is 0 Å². The molecule has 4 rings (SSSR count). The molecular formula is C23H25ClN4O3. The predicted octanol–water partition coefficient (Wildman–Crippen LogP) is 3.12. The van der Waals surface area contributed by atoms with Crippen LogP contribution in [0.4, 0.5) is 0 Å². The smallest absolute Gasteiger partial charge is 0.292 e. The van der Waals surface area contributed by atoms with Gasteiger partial charge in [0.15, 0.2) is 0 Å². The Labute approximate surface area is 186 Å². The van der Waals surface area contributed by atoms with Crippen molar-refractivity contribution in [1.29, 1.82) is 0 Å². The molecule has 1 aromatic carbocycles. The molecule has 2 aromatic rings. The van der Waals surface area contributed by atoms with Crippen LogP contribution in [0, 0.1) is 0 Å². The molecule has 0 N–H and O–H groups in total. The lowest BCUT2D eigenvalue weighted by Crippen LogP contribution is -2.52. The van der Waals surface area contributed by atoms with Crippen molar-refractivity contribution in [3.63, 3.8) is 0 Å². The molecule has 3 heterocycles. The van der Waals surface area contributed by atoms with Crippen LogP contribution in [-0.2, 0) is 0 Å². The second kappa shape index (κ2) is 9.94. The molecule has 1 unspecified atom stereocenters. The van der Waals surface area contributed by atoms with Crippen LogP contribution in [0.3, 0.4) is 0 Å². The van der Waals surface area contributed by atoms with E-state index in [-0.39, 0.29) is 23.6 Å². The van der Waals surface area contributed by atoms with Gasteiger partial charge in [0, 0.05) is 55.9 Å². The summed E-state index contributed by atoms with van der Waals surface area (Å²) in [7, 11) is 0. The number of halogens is 1. The first-order valence-electron chi connectivity index (χ1n) is 10.4. The van der Waals surface area contributed by atoms with Gasteiger partial charge >= 0.3 is 0 Å². The van der Waals surface area contributed by atoms with E-state index in [4.69, 9.17) is 16.1 Å². The Morgan fingerprint density at radius 1 is 0.871 bits per heavy atom. The number of hydrogen-bond donors (Lipinski definition) is 0. The molecule has 1 atom stereocenters. The second-order valence-corrected chi connectivity index (χ2v) is 8.11. The van der Waals surface area contributed by atoms with E-state index in [1.165, 1.54) is 6.20 Å². The molecule has 162 valence electrons. The van der Waals surface area contributed by atoms with Crippen LogP contribution in [0.25, 0.3) is 0 Å². The summed E-state index contributed by atoms with van der Waals surface area (Å²) in [6.07, 6.45) is 2.42. The van der Waals surface area contributed by atoms with Gasteiger partial charge in [-0.1, -0.05) is 35.0 Å². The van der Waals surface area contributed by atoms with Crippen molar-refractivity contribution in [1.82, 2.24) is 19.9 Å². The number of rotatable bonds is 3. The molecule has 31 heavy (non-hydrogen) atoms. The first-order valence-corrected chi connectivity index (χ1v) is 10.8. The van der Waals surface area contributed by atoms with Gasteiger partial charge < -0.3 is 14.3 Å². The van der Waals surface area contributed by atoms with Crippen LogP contribution in [0.1, 0.15) is 27.3 Å². The normalized spacial score (nSPS) is 19.2. The quantitative estimate of drug-likeness (QED) is 0.733. The molecule has 8 heteroatoms. The summed E-state index contributed by atoms with van der Waals surface area (Å²) < 4.78 is 5.28. The maximum absolute atomic E-state index is 12.9. The molecule has 0 bridgehead atoms. The van der Waals surface area contributed by atoms with Crippen molar-refractivity contribution in [3.8, 4) is 0 Å². The van der Waals surface area contributed by atoms with Crippen LogP contribution in [-0.4, -0.2) is 77.0 Å². The largest absolute Gasteiger partial charge is 0.351 e. The summed E-state index contributed by atoms with van der Waals surface area (Å²) in [6.45, 7) is 4.27. The highest BCUT2D eigenvalue weighted by Gasteiger charge is 2.34. The molecular weight excluding hydrogens is 416 g/mol. The Balaban J connectivity index is 1.32. The minimum Gasteiger partial charge on any atom is -0.351 e. The minimum atomic E-state index is -0.150. The van der Waals surface area contributed by atoms with E-state index >= 15 is 0 Å². The van der Waals surface area contributed by atoms with Crippen molar-refractivity contribution in [3.05, 3.63) is 77.1 Å². The zero-order valence-corrected chi connectivity index (χ0v) is 17.9. The molecule has 2 aliphatic rings. The van der Waals surface area contributed by atoms with Gasteiger partial charge in [-0.15, -0.1) is 0 Å². The van der Waals surface area contributed by atoms with Crippen molar-refractivity contribution in [2.45, 2.75) is 12.5 Å². The summed E-state index contributed by atoms with van der Waals surface area (Å²) in [6, 6.07) is 16.1. The van der Waals surface area contributed by atoms with Crippen LogP contribution < -0.4 is 0 Å². The van der Waals surface area contributed by atoms with Crippen LogP contribution in [0.2, 0.25) is 5.02 Å². The fourth-order valence-corrected chi connectivity index (χ4v) is 4.16. The van der Waals surface area contributed by atoms with Crippen molar-refractivity contribution >= 4 is 23.4 Å². The molecule has 7 nitrogen and oxygen atoms in total. The molecule has 2 fully saturated rings. The number of piperazine rings is 1. The minimum absolute atomic E-state index is 0.0342. The predicted molar refractivity (Wildman–Crippen MR) is 117 cm³/mol. The van der Waals surface area contributed by atoms with Crippen molar-refractivity contribution in [2.75, 3.05) is 39.3 Å². The Morgan fingerprint density at radius 3 is 2.39 bits per heavy atom. The highest BCUT2D eigenvalue weighted by Crippen LogP contribution is 2.20. The van der Waals surface area contributed by atoms with E-state index in [9.17, 15) is 9.59 Å². The maximum Gasteiger partial charge on any atom is 0.292 e. The first-order chi connectivity index (χ1) is 15.1. The topological polar surface area (TPSA) is 69.9 Å². The molecule has 2 amide bonds. The van der Waals surface area contributed by atoms with Crippen molar-refractivity contribution < 1.29 is 14.1 Å². The standard InChI is InChI=1S/C23H25ClN4O3/c24-19-8-6-18(7-9-19)22(29)27-15-13-26(14-16-27)20-10-12-28(17-20)23(30)21-5-3-1-2-4-11-25-31-21/h1-9,11,20H,10,12-17H2. The molecule has 0 saturated carbocycles. The van der Waals surface area contributed by atoms with E-state index in [0.29, 0.717) is 36.8 Å². The lowest BCUT2D eigenvalue weighted by atomic mass is 10.1. The summed E-state index contributed by atoms with van der Waals surface area (Å²) >= 11 is 5.92. The van der Waals surface area contributed by atoms with E-state index < -0.39 is 0 Å². The van der Waals surface area contributed by atoms with Gasteiger partial charge in [0.2, 0.25) is 5.76 Å². The number of hydrogen-bond acceptors (Lipinski definition) is 5. The highest BCUT2D eigenvalue weighted by atomic mass is 35.5. The van der Waals surface area contributed by atoms with Gasteiger partial charge in [-0.25, -0.2) is 0 Å². The van der Waals surface area contributed by atoms with Crippen LogP contribution >= 0.6 is 11.6 Å². The summed E-state index contributed by atoms with van der Waals surface area (Å²) in [5, 5.41) is 4.43. The maximum atomic E-state index is 12.9. The van der Waals surface area contributed by atoms with Gasteiger partial charge in [-0.3, -0.25) is 14.5 Å². The lowest BCUT2D eigenvalue weighted by molar-refractivity contribution is 0.0565. The number of carbonyl (C=O) groups excluding carboxylic acids is 2. The number of carbonyl (C=O) groups is 2. The summed E-state index contributed by atoms with van der Waals surface area (Å²) in [5.74, 6) is 0.102. The van der Waals surface area contributed by atoms with E-state index in [1.54, 1.807) is 42.5 Å². The zero-order chi connectivity index (χ0) is 21.6. The second-order valence-electron chi connectivity index (χ2n) is 7.68. The fourth-order valence-electron chi connectivity index (χ4n) is 4.03. The van der Waals surface area contributed by atoms with E-state index in [2.05, 4.69) is 10.1 Å². The molecule has 1 aromatic heterocycles. The number of likely N-dealkylation sites (tertiary alicyclic amines) is 1. The summed E-state index contributed by atoms with van der Waals surface area (Å²) in [5.41, 5.74) is 0.658. The highest BCUT2D eigenvalue weighted by molar-refractivity contribution is 6.30. The third-order valence-corrected chi connectivity index (χ3v) is 6.00. The van der Waals surface area contributed by atoms with Gasteiger partial charge in [0.25, 0.3) is 11.8 Å². The number of benzene rings is 1. The monoisotopic (exact) mass is 440 g/mol. The molecule has 2 aliphatic heterocycles. The third kappa shape index (κ3) is 5.24. The van der Waals surface area contributed by atoms with Crippen molar-refractivity contribution in [2.24, 2.45) is 0 Å². The Hall–Kier alpha value is -2.90. The molecule has 0 aliphatic carbocycles. The average Bonchev–Trinajstić information content (AvgIpc) is 3.33. The first kappa shape index (κ1) is 21.3. The van der Waals surface area contributed by atoms with Crippen LogP contribution in [0.15, 0.2) is 65.3 Å².